The number of rotatable bonds is 4. The van der Waals surface area contributed by atoms with Gasteiger partial charge in [-0.2, -0.15) is 0 Å². The predicted molar refractivity (Wildman–Crippen MR) is 102 cm³/mol. The largest absolute Gasteiger partial charge is 0.504 e. The third-order valence-electron chi connectivity index (χ3n) is 3.94. The minimum absolute atomic E-state index is 0.0813. The van der Waals surface area contributed by atoms with Crippen LogP contribution in [-0.4, -0.2) is 22.1 Å². The molecule has 1 aromatic heterocycles. The lowest BCUT2D eigenvalue weighted by molar-refractivity contribution is 0.0699. The molecular formula is C19H13ClFNO4S. The Morgan fingerprint density at radius 1 is 1.15 bits per heavy atom. The van der Waals surface area contributed by atoms with Gasteiger partial charge in [0.25, 0.3) is 5.91 Å². The van der Waals surface area contributed by atoms with E-state index in [1.807, 2.05) is 0 Å². The first kappa shape index (κ1) is 18.9. The second kappa shape index (κ2) is 7.38. The Kier molecular flexibility index (Phi) is 5.16. The number of carboxylic acids is 1. The third kappa shape index (κ3) is 3.65. The zero-order chi connectivity index (χ0) is 19.7. The highest BCUT2D eigenvalue weighted by molar-refractivity contribution is 7.15. The van der Waals surface area contributed by atoms with E-state index in [0.29, 0.717) is 16.1 Å². The summed E-state index contributed by atoms with van der Waals surface area (Å²) < 4.78 is 13.8. The van der Waals surface area contributed by atoms with Crippen molar-refractivity contribution in [2.45, 2.75) is 6.92 Å². The van der Waals surface area contributed by atoms with Crippen LogP contribution in [0.5, 0.6) is 5.75 Å². The van der Waals surface area contributed by atoms with Crippen LogP contribution in [0, 0.1) is 12.7 Å². The Hall–Kier alpha value is -2.90. The van der Waals surface area contributed by atoms with E-state index in [1.165, 1.54) is 19.1 Å². The maximum atomic E-state index is 13.8. The average Bonchev–Trinajstić information content (AvgIpc) is 3.04. The number of aromatic carboxylic acids is 1. The van der Waals surface area contributed by atoms with Gasteiger partial charge in [-0.1, -0.05) is 29.8 Å². The van der Waals surface area contributed by atoms with E-state index in [-0.39, 0.29) is 21.7 Å². The zero-order valence-corrected chi connectivity index (χ0v) is 15.5. The third-order valence-corrected chi connectivity index (χ3v) is 5.09. The summed E-state index contributed by atoms with van der Waals surface area (Å²) in [5.41, 5.74) is 0.853. The molecule has 3 rings (SSSR count). The SMILES string of the molecule is Cc1ccc(C(=O)Nc2scc(-c3ccc(Cl)cc3)c2C(=O)O)c(O)c1F. The second-order valence-electron chi connectivity index (χ2n) is 5.71. The molecule has 0 fully saturated rings. The van der Waals surface area contributed by atoms with Gasteiger partial charge in [0.05, 0.1) is 5.56 Å². The van der Waals surface area contributed by atoms with Crippen molar-refractivity contribution in [1.82, 2.24) is 0 Å². The lowest BCUT2D eigenvalue weighted by Crippen LogP contribution is -2.14. The number of aryl methyl sites for hydroxylation is 1. The van der Waals surface area contributed by atoms with Crippen molar-refractivity contribution in [3.8, 4) is 16.9 Å². The van der Waals surface area contributed by atoms with Gasteiger partial charge in [0.1, 0.15) is 10.6 Å². The molecule has 0 atom stereocenters. The summed E-state index contributed by atoms with van der Waals surface area (Å²) in [7, 11) is 0. The Labute approximate surface area is 162 Å². The molecule has 0 saturated heterocycles. The molecule has 5 nitrogen and oxygen atoms in total. The molecular weight excluding hydrogens is 393 g/mol. The van der Waals surface area contributed by atoms with Gasteiger partial charge in [-0.15, -0.1) is 11.3 Å². The first-order chi connectivity index (χ1) is 12.8. The van der Waals surface area contributed by atoms with E-state index >= 15 is 0 Å². The lowest BCUT2D eigenvalue weighted by atomic mass is 10.0. The molecule has 0 unspecified atom stereocenters. The van der Waals surface area contributed by atoms with Crippen molar-refractivity contribution >= 4 is 39.8 Å². The molecule has 0 aliphatic carbocycles. The first-order valence-electron chi connectivity index (χ1n) is 7.69. The zero-order valence-electron chi connectivity index (χ0n) is 13.9. The van der Waals surface area contributed by atoms with E-state index in [4.69, 9.17) is 11.6 Å². The van der Waals surface area contributed by atoms with Crippen LogP contribution < -0.4 is 5.32 Å². The number of benzene rings is 2. The highest BCUT2D eigenvalue weighted by Gasteiger charge is 2.23. The van der Waals surface area contributed by atoms with Crippen molar-refractivity contribution in [3.05, 3.63) is 69.3 Å². The molecule has 27 heavy (non-hydrogen) atoms. The molecule has 0 saturated carbocycles. The van der Waals surface area contributed by atoms with E-state index < -0.39 is 23.4 Å². The molecule has 8 heteroatoms. The fourth-order valence-electron chi connectivity index (χ4n) is 2.52. The quantitative estimate of drug-likeness (QED) is 0.558. The van der Waals surface area contributed by atoms with Gasteiger partial charge in [-0.05, 0) is 36.2 Å². The molecule has 0 radical (unpaired) electrons. The maximum Gasteiger partial charge on any atom is 0.339 e. The van der Waals surface area contributed by atoms with Crippen LogP contribution in [0.4, 0.5) is 9.39 Å². The summed E-state index contributed by atoms with van der Waals surface area (Å²) >= 11 is 6.88. The fourth-order valence-corrected chi connectivity index (χ4v) is 3.61. The Morgan fingerprint density at radius 2 is 1.81 bits per heavy atom. The molecule has 138 valence electrons. The van der Waals surface area contributed by atoms with Crippen LogP contribution in [0.3, 0.4) is 0 Å². The molecule has 1 heterocycles. The minimum Gasteiger partial charge on any atom is -0.504 e. The van der Waals surface area contributed by atoms with Crippen molar-refractivity contribution in [3.63, 3.8) is 0 Å². The van der Waals surface area contributed by atoms with E-state index in [9.17, 15) is 24.2 Å². The molecule has 0 bridgehead atoms. The number of halogens is 2. The predicted octanol–water partition coefficient (Wildman–Crippen LogP) is 5.17. The van der Waals surface area contributed by atoms with Crippen molar-refractivity contribution in [2.75, 3.05) is 5.32 Å². The minimum atomic E-state index is -1.23. The van der Waals surface area contributed by atoms with Crippen LogP contribution >= 0.6 is 22.9 Å². The number of phenols is 1. The summed E-state index contributed by atoms with van der Waals surface area (Å²) in [6.07, 6.45) is 0. The number of aromatic hydroxyl groups is 1. The number of hydrogen-bond donors (Lipinski definition) is 3. The van der Waals surface area contributed by atoms with Gasteiger partial charge in [-0.25, -0.2) is 9.18 Å². The second-order valence-corrected chi connectivity index (χ2v) is 7.03. The molecule has 0 aliphatic rings. The van der Waals surface area contributed by atoms with Crippen LogP contribution in [0.1, 0.15) is 26.3 Å². The van der Waals surface area contributed by atoms with Crippen molar-refractivity contribution < 1.29 is 24.2 Å². The van der Waals surface area contributed by atoms with Crippen molar-refractivity contribution in [1.29, 1.82) is 0 Å². The van der Waals surface area contributed by atoms with Gasteiger partial charge in [0, 0.05) is 16.0 Å². The Morgan fingerprint density at radius 3 is 2.44 bits per heavy atom. The van der Waals surface area contributed by atoms with Gasteiger partial charge in [0.15, 0.2) is 11.6 Å². The average molecular weight is 406 g/mol. The maximum absolute atomic E-state index is 13.8. The molecule has 2 aromatic carbocycles. The molecule has 3 aromatic rings. The molecule has 0 spiro atoms. The molecule has 1 amide bonds. The van der Waals surface area contributed by atoms with Crippen LogP contribution in [-0.2, 0) is 0 Å². The number of phenolic OH excluding ortho intramolecular Hbond substituents is 1. The smallest absolute Gasteiger partial charge is 0.339 e. The highest BCUT2D eigenvalue weighted by Crippen LogP contribution is 2.36. The van der Waals surface area contributed by atoms with Gasteiger partial charge < -0.3 is 15.5 Å². The van der Waals surface area contributed by atoms with E-state index in [0.717, 1.165) is 11.3 Å². The highest BCUT2D eigenvalue weighted by atomic mass is 35.5. The fraction of sp³-hybridized carbons (Fsp3) is 0.0526. The number of hydrogen-bond acceptors (Lipinski definition) is 4. The standard InChI is InChI=1S/C19H13ClFNO4S/c1-9-2-7-12(16(23)15(9)21)17(24)22-18-14(19(25)26)13(8-27-18)10-3-5-11(20)6-4-10/h2-8,23H,1H3,(H,22,24)(H,25,26). The molecule has 3 N–H and O–H groups in total. The number of carboxylic acid groups (broad SMARTS) is 1. The van der Waals surface area contributed by atoms with Gasteiger partial charge in [0.2, 0.25) is 0 Å². The number of nitrogens with one attached hydrogen (secondary N) is 1. The topological polar surface area (TPSA) is 86.6 Å². The summed E-state index contributed by atoms with van der Waals surface area (Å²) in [5.74, 6) is -3.71. The summed E-state index contributed by atoms with van der Waals surface area (Å²) in [6, 6.07) is 9.23. The number of carbonyl (C=O) groups is 2. The Bertz CT molecular complexity index is 1050. The van der Waals surface area contributed by atoms with Crippen LogP contribution in [0.2, 0.25) is 5.02 Å². The summed E-state index contributed by atoms with van der Waals surface area (Å²) in [5, 5.41) is 24.1. The van der Waals surface area contributed by atoms with E-state index in [2.05, 4.69) is 5.32 Å². The summed E-state index contributed by atoms with van der Waals surface area (Å²) in [4.78, 5) is 24.2. The molecule has 0 aliphatic heterocycles. The number of thiophene rings is 1. The number of carbonyl (C=O) groups excluding carboxylic acids is 1. The first-order valence-corrected chi connectivity index (χ1v) is 8.95. The monoisotopic (exact) mass is 405 g/mol. The van der Waals surface area contributed by atoms with Crippen LogP contribution in [0.25, 0.3) is 11.1 Å². The van der Waals surface area contributed by atoms with Gasteiger partial charge >= 0.3 is 5.97 Å². The van der Waals surface area contributed by atoms with Gasteiger partial charge in [-0.3, -0.25) is 4.79 Å². The van der Waals surface area contributed by atoms with Crippen molar-refractivity contribution in [2.24, 2.45) is 0 Å². The van der Waals surface area contributed by atoms with E-state index in [1.54, 1.807) is 29.6 Å². The number of amides is 1. The number of anilines is 1. The normalized spacial score (nSPS) is 10.6. The lowest BCUT2D eigenvalue weighted by Gasteiger charge is -2.09. The Balaban J connectivity index is 1.98. The summed E-state index contributed by atoms with van der Waals surface area (Å²) in [6.45, 7) is 1.46. The van der Waals surface area contributed by atoms with Crippen LogP contribution in [0.15, 0.2) is 41.8 Å².